The molecule has 10 rings (SSSR count). The van der Waals surface area contributed by atoms with E-state index in [9.17, 15) is 0 Å². The van der Waals surface area contributed by atoms with E-state index in [4.69, 9.17) is 14.4 Å². The summed E-state index contributed by atoms with van der Waals surface area (Å²) >= 11 is 1.83. The molecule has 0 fully saturated rings. The van der Waals surface area contributed by atoms with Gasteiger partial charge in [0.25, 0.3) is 0 Å². The number of nitrogens with zero attached hydrogens (tertiary/aromatic N) is 2. The Hall–Kier alpha value is -6.36. The lowest BCUT2D eigenvalue weighted by molar-refractivity contribution is 0.670. The first kappa shape index (κ1) is 28.6. The standard InChI is InChI=1S/C46H28N2OS/c1-3-12-29(13-4-1)30-22-24-32(25-23-30)46-47-38(31-14-5-2-6-15-31)28-39(48-46)35-27-26-34(45-44(35)36-16-7-9-19-40(36)49-45)33-18-11-21-42-43(33)37-17-8-10-20-41(37)50-42/h1-28H. The van der Waals surface area contributed by atoms with Crippen molar-refractivity contribution in [3.8, 4) is 56.2 Å². The van der Waals surface area contributed by atoms with Gasteiger partial charge in [-0.05, 0) is 47.0 Å². The number of hydrogen-bond donors (Lipinski definition) is 0. The number of para-hydroxylation sites is 1. The minimum absolute atomic E-state index is 0.681. The van der Waals surface area contributed by atoms with Crippen LogP contribution in [0.3, 0.4) is 0 Å². The van der Waals surface area contributed by atoms with Gasteiger partial charge < -0.3 is 4.42 Å². The van der Waals surface area contributed by atoms with Crippen LogP contribution in [0.5, 0.6) is 0 Å². The van der Waals surface area contributed by atoms with Crippen LogP contribution in [0.15, 0.2) is 174 Å². The molecule has 7 aromatic carbocycles. The van der Waals surface area contributed by atoms with E-state index >= 15 is 0 Å². The lowest BCUT2D eigenvalue weighted by atomic mass is 9.94. The largest absolute Gasteiger partial charge is 0.455 e. The molecule has 4 heteroatoms. The fraction of sp³-hybridized carbons (Fsp3) is 0. The second-order valence-corrected chi connectivity index (χ2v) is 13.6. The van der Waals surface area contributed by atoms with Gasteiger partial charge in [0.2, 0.25) is 0 Å². The van der Waals surface area contributed by atoms with E-state index in [-0.39, 0.29) is 0 Å². The Kier molecular flexibility index (Phi) is 6.68. The van der Waals surface area contributed by atoms with Crippen LogP contribution in [0.25, 0.3) is 98.3 Å². The first-order valence-corrected chi connectivity index (χ1v) is 17.6. The van der Waals surface area contributed by atoms with Crippen LogP contribution in [0.1, 0.15) is 0 Å². The van der Waals surface area contributed by atoms with E-state index < -0.39 is 0 Å². The van der Waals surface area contributed by atoms with Crippen molar-refractivity contribution in [1.29, 1.82) is 0 Å². The zero-order chi connectivity index (χ0) is 33.0. The molecule has 0 saturated carbocycles. The van der Waals surface area contributed by atoms with Crippen molar-refractivity contribution in [1.82, 2.24) is 9.97 Å². The number of furan rings is 1. The zero-order valence-electron chi connectivity index (χ0n) is 26.9. The molecule has 3 aromatic heterocycles. The molecule has 50 heavy (non-hydrogen) atoms. The normalized spacial score (nSPS) is 11.6. The fourth-order valence-electron chi connectivity index (χ4n) is 7.17. The molecule has 0 unspecified atom stereocenters. The molecule has 0 aliphatic rings. The Morgan fingerprint density at radius 1 is 0.400 bits per heavy atom. The van der Waals surface area contributed by atoms with Gasteiger partial charge in [0.15, 0.2) is 5.82 Å². The maximum atomic E-state index is 6.78. The van der Waals surface area contributed by atoms with E-state index in [0.717, 1.165) is 61.1 Å². The average molecular weight is 657 g/mol. The highest BCUT2D eigenvalue weighted by atomic mass is 32.1. The van der Waals surface area contributed by atoms with Crippen LogP contribution in [-0.4, -0.2) is 9.97 Å². The molecule has 0 radical (unpaired) electrons. The van der Waals surface area contributed by atoms with Crippen molar-refractivity contribution >= 4 is 53.4 Å². The quantitative estimate of drug-likeness (QED) is 0.185. The Bertz CT molecular complexity index is 2850. The number of fused-ring (bicyclic) bond motifs is 6. The van der Waals surface area contributed by atoms with Crippen molar-refractivity contribution in [2.24, 2.45) is 0 Å². The molecule has 3 heterocycles. The topological polar surface area (TPSA) is 38.9 Å². The lowest BCUT2D eigenvalue weighted by Crippen LogP contribution is -1.96. The van der Waals surface area contributed by atoms with E-state index in [1.54, 1.807) is 0 Å². The van der Waals surface area contributed by atoms with Gasteiger partial charge in [0, 0.05) is 53.2 Å². The summed E-state index contributed by atoms with van der Waals surface area (Å²) in [5.74, 6) is 0.681. The van der Waals surface area contributed by atoms with Crippen molar-refractivity contribution in [3.63, 3.8) is 0 Å². The molecule has 0 N–H and O–H groups in total. The van der Waals surface area contributed by atoms with Gasteiger partial charge in [-0.15, -0.1) is 11.3 Å². The molecular formula is C46H28N2OS. The molecule has 0 amide bonds. The van der Waals surface area contributed by atoms with Crippen molar-refractivity contribution in [2.45, 2.75) is 0 Å². The average Bonchev–Trinajstić information content (AvgIpc) is 3.77. The Balaban J connectivity index is 1.21. The summed E-state index contributed by atoms with van der Waals surface area (Å²) in [5, 5.41) is 4.65. The maximum Gasteiger partial charge on any atom is 0.160 e. The van der Waals surface area contributed by atoms with Crippen molar-refractivity contribution in [2.75, 3.05) is 0 Å². The van der Waals surface area contributed by atoms with Crippen molar-refractivity contribution < 1.29 is 4.42 Å². The summed E-state index contributed by atoms with van der Waals surface area (Å²) in [6.45, 7) is 0. The molecule has 234 valence electrons. The summed E-state index contributed by atoms with van der Waals surface area (Å²) in [7, 11) is 0. The van der Waals surface area contributed by atoms with Crippen LogP contribution in [0, 0.1) is 0 Å². The number of hydrogen-bond acceptors (Lipinski definition) is 4. The Morgan fingerprint density at radius 3 is 1.84 bits per heavy atom. The molecule has 0 saturated heterocycles. The van der Waals surface area contributed by atoms with Crippen LogP contribution in [-0.2, 0) is 0 Å². The smallest absolute Gasteiger partial charge is 0.160 e. The second-order valence-electron chi connectivity index (χ2n) is 12.5. The van der Waals surface area contributed by atoms with Gasteiger partial charge in [0.1, 0.15) is 11.2 Å². The SMILES string of the molecule is c1ccc(-c2ccc(-c3nc(-c4ccccc4)cc(-c4ccc(-c5cccc6sc7ccccc7c56)c5oc6ccccc6c45)n3)cc2)cc1. The summed E-state index contributed by atoms with van der Waals surface area (Å²) in [4.78, 5) is 10.4. The predicted molar refractivity (Wildman–Crippen MR) is 209 cm³/mol. The van der Waals surface area contributed by atoms with E-state index in [2.05, 4.69) is 152 Å². The summed E-state index contributed by atoms with van der Waals surface area (Å²) in [6, 6.07) is 59.4. The number of rotatable bonds is 5. The number of benzene rings is 7. The third-order valence-electron chi connectivity index (χ3n) is 9.54. The highest BCUT2D eigenvalue weighted by molar-refractivity contribution is 7.25. The van der Waals surface area contributed by atoms with Gasteiger partial charge in [-0.1, -0.05) is 140 Å². The van der Waals surface area contributed by atoms with Gasteiger partial charge in [-0.2, -0.15) is 0 Å². The van der Waals surface area contributed by atoms with Crippen LogP contribution in [0.2, 0.25) is 0 Å². The Morgan fingerprint density at radius 2 is 1.02 bits per heavy atom. The monoisotopic (exact) mass is 656 g/mol. The highest BCUT2D eigenvalue weighted by Gasteiger charge is 2.21. The minimum atomic E-state index is 0.681. The molecule has 0 bridgehead atoms. The third kappa shape index (κ3) is 4.73. The van der Waals surface area contributed by atoms with E-state index in [0.29, 0.717) is 5.82 Å². The molecule has 3 nitrogen and oxygen atoms in total. The molecule has 0 atom stereocenters. The lowest BCUT2D eigenvalue weighted by Gasteiger charge is -2.12. The van der Waals surface area contributed by atoms with Gasteiger partial charge in [0.05, 0.1) is 11.4 Å². The van der Waals surface area contributed by atoms with Crippen LogP contribution in [0.4, 0.5) is 0 Å². The van der Waals surface area contributed by atoms with E-state index in [1.165, 1.54) is 31.3 Å². The molecular weight excluding hydrogens is 629 g/mol. The first-order valence-electron chi connectivity index (χ1n) is 16.7. The number of aromatic nitrogens is 2. The number of thiophene rings is 1. The third-order valence-corrected chi connectivity index (χ3v) is 10.7. The molecule has 0 spiro atoms. The van der Waals surface area contributed by atoms with Gasteiger partial charge >= 0.3 is 0 Å². The molecule has 0 aliphatic carbocycles. The maximum absolute atomic E-state index is 6.78. The zero-order valence-corrected chi connectivity index (χ0v) is 27.7. The minimum Gasteiger partial charge on any atom is -0.455 e. The highest BCUT2D eigenvalue weighted by Crippen LogP contribution is 2.46. The second kappa shape index (κ2) is 11.7. The van der Waals surface area contributed by atoms with E-state index in [1.807, 2.05) is 29.5 Å². The summed E-state index contributed by atoms with van der Waals surface area (Å²) in [5.41, 5.74) is 11.0. The predicted octanol–water partition coefficient (Wildman–Crippen LogP) is 13.1. The van der Waals surface area contributed by atoms with Crippen LogP contribution >= 0.6 is 11.3 Å². The fourth-order valence-corrected chi connectivity index (χ4v) is 8.30. The summed E-state index contributed by atoms with van der Waals surface area (Å²) in [6.07, 6.45) is 0. The molecule has 10 aromatic rings. The Labute approximate surface area is 292 Å². The van der Waals surface area contributed by atoms with Gasteiger partial charge in [-0.3, -0.25) is 0 Å². The molecule has 0 aliphatic heterocycles. The van der Waals surface area contributed by atoms with Crippen LogP contribution < -0.4 is 0 Å². The first-order chi connectivity index (χ1) is 24.8. The summed E-state index contributed by atoms with van der Waals surface area (Å²) < 4.78 is 9.33. The van der Waals surface area contributed by atoms with Crippen molar-refractivity contribution in [3.05, 3.63) is 170 Å². The van der Waals surface area contributed by atoms with Gasteiger partial charge in [-0.25, -0.2) is 9.97 Å².